The molecule has 20 unspecified atom stereocenters. The van der Waals surface area contributed by atoms with Gasteiger partial charge in [0.15, 0.2) is 0 Å². The third-order valence-corrected chi connectivity index (χ3v) is 24.9. The van der Waals surface area contributed by atoms with Gasteiger partial charge in [-0.3, -0.25) is 0 Å². The summed E-state index contributed by atoms with van der Waals surface area (Å²) in [4.78, 5) is 0. The van der Waals surface area contributed by atoms with Crippen LogP contribution in [0.2, 0.25) is 0 Å². The third kappa shape index (κ3) is 7.84. The fourth-order valence-electron chi connectivity index (χ4n) is 21.6. The number of unbranched alkanes of at least 4 members (excludes halogenated alkanes) is 1. The Morgan fingerprint density at radius 2 is 1.30 bits per heavy atom. The van der Waals surface area contributed by atoms with E-state index in [-0.39, 0.29) is 5.41 Å². The normalized spacial score (nSPS) is 46.1. The van der Waals surface area contributed by atoms with E-state index in [9.17, 15) is 5.41 Å². The highest BCUT2D eigenvalue weighted by molar-refractivity contribution is 5.98. The summed E-state index contributed by atoms with van der Waals surface area (Å²) in [6, 6.07) is 0. The number of hydrogen-bond acceptors (Lipinski definition) is 1. The highest BCUT2D eigenvalue weighted by Crippen LogP contribution is 2.75. The van der Waals surface area contributed by atoms with Crippen LogP contribution in [-0.2, 0) is 0 Å². The molecule has 0 bridgehead atoms. The molecule has 20 atom stereocenters. The standard InChI is InChI=1S/C69H103N/c1-14-15-23-56(70)40-28-39-25-24-38-26-27-52-63-54(34-41(29-40)57(39)59(38)63)65-58(42-30-44(66(2,3)4)35-45(31-42)67(5,6)7)55-37-53-49-20-17-16-19-48(49)50-21-18-22-51(61(50)53)62(55)60(64(52)65)43-32-46(68(8,9)10)36-47(33-43)69(11,12)13/h17,20-21,29,32,34,38-39,42-45,47-49,51-55,57-63,70H,14-16,18-19,22-28,30-31,33,35-37H2,1-13H3. The lowest BCUT2D eigenvalue weighted by Crippen LogP contribution is -2.54. The van der Waals surface area contributed by atoms with Gasteiger partial charge in [0.05, 0.1) is 0 Å². The van der Waals surface area contributed by atoms with Gasteiger partial charge in [0.2, 0.25) is 0 Å². The van der Waals surface area contributed by atoms with Crippen molar-refractivity contribution < 1.29 is 0 Å². The van der Waals surface area contributed by atoms with Crippen molar-refractivity contribution in [3.05, 3.63) is 69.9 Å². The molecule has 12 aliphatic rings. The Balaban J connectivity index is 1.11. The summed E-state index contributed by atoms with van der Waals surface area (Å²) >= 11 is 0. The van der Waals surface area contributed by atoms with Gasteiger partial charge in [-0.05, 0) is 260 Å². The molecule has 0 amide bonds. The van der Waals surface area contributed by atoms with Crippen LogP contribution in [-0.4, -0.2) is 5.71 Å². The van der Waals surface area contributed by atoms with Crippen molar-refractivity contribution in [1.29, 1.82) is 5.41 Å². The Labute approximate surface area is 430 Å². The number of rotatable bonds is 6. The minimum atomic E-state index is 0.210. The smallest absolute Gasteiger partial charge is 0.0346 e. The van der Waals surface area contributed by atoms with E-state index in [0.717, 1.165) is 125 Å². The van der Waals surface area contributed by atoms with Gasteiger partial charge in [0.1, 0.15) is 0 Å². The number of hydrogen-bond donors (Lipinski definition) is 1. The molecule has 1 heteroatoms. The van der Waals surface area contributed by atoms with Crippen LogP contribution in [0.25, 0.3) is 0 Å². The van der Waals surface area contributed by atoms with Crippen molar-refractivity contribution in [2.24, 2.45) is 146 Å². The number of nitrogens with one attached hydrogen (secondary N) is 1. The molecule has 0 saturated heterocycles. The van der Waals surface area contributed by atoms with Crippen LogP contribution < -0.4 is 0 Å². The Bertz CT molecular complexity index is 2230. The molecule has 5 fully saturated rings. The first-order chi connectivity index (χ1) is 33.1. The van der Waals surface area contributed by atoms with E-state index in [1.807, 2.05) is 5.57 Å². The fraction of sp³-hybridized carbons (Fsp3) is 0.812. The SMILES string of the molecule is CCCCC(=N)C1=CC2=CC3C4=C(C5CCC6CCC(C1)C2C6C35)C(C1C=C(C(C)(C)C)CC(C(C)(C)C)C1)C1C(CC2C3C=CCCC3C3=CCCC1C32)C4C1CC(C(C)(C)C)CC(C(C)(C)C)C1. The number of allylic oxidation sites excluding steroid dienone is 12. The maximum absolute atomic E-state index is 9.53. The molecular weight excluding hydrogens is 843 g/mol. The van der Waals surface area contributed by atoms with Crippen molar-refractivity contribution in [3.63, 3.8) is 0 Å². The molecule has 12 rings (SSSR count). The van der Waals surface area contributed by atoms with Crippen LogP contribution >= 0.6 is 0 Å². The maximum Gasteiger partial charge on any atom is 0.0346 e. The van der Waals surface area contributed by atoms with Gasteiger partial charge in [-0.1, -0.05) is 155 Å². The predicted octanol–water partition coefficient (Wildman–Crippen LogP) is 18.9. The summed E-state index contributed by atoms with van der Waals surface area (Å²) < 4.78 is 0. The summed E-state index contributed by atoms with van der Waals surface area (Å²) in [7, 11) is 0. The molecule has 0 radical (unpaired) electrons. The summed E-state index contributed by atoms with van der Waals surface area (Å²) in [5.41, 5.74) is 13.4. The van der Waals surface area contributed by atoms with Gasteiger partial charge in [-0.2, -0.15) is 0 Å². The second-order valence-electron chi connectivity index (χ2n) is 32.1. The van der Waals surface area contributed by atoms with Gasteiger partial charge in [-0.25, -0.2) is 0 Å². The molecule has 0 aliphatic heterocycles. The molecule has 70 heavy (non-hydrogen) atoms. The quantitative estimate of drug-likeness (QED) is 0.203. The van der Waals surface area contributed by atoms with E-state index in [4.69, 9.17) is 0 Å². The van der Waals surface area contributed by atoms with Crippen LogP contribution in [0.3, 0.4) is 0 Å². The van der Waals surface area contributed by atoms with Crippen molar-refractivity contribution in [2.75, 3.05) is 0 Å². The van der Waals surface area contributed by atoms with Crippen LogP contribution in [0, 0.1) is 151 Å². The molecule has 0 aromatic carbocycles. The van der Waals surface area contributed by atoms with Crippen LogP contribution in [0.5, 0.6) is 0 Å². The van der Waals surface area contributed by atoms with E-state index in [0.29, 0.717) is 34.0 Å². The Morgan fingerprint density at radius 3 is 2.00 bits per heavy atom. The first-order valence-electron chi connectivity index (χ1n) is 30.9. The van der Waals surface area contributed by atoms with E-state index in [1.54, 1.807) is 11.1 Å². The van der Waals surface area contributed by atoms with Gasteiger partial charge in [0.25, 0.3) is 0 Å². The van der Waals surface area contributed by atoms with Crippen LogP contribution in [0.4, 0.5) is 0 Å². The van der Waals surface area contributed by atoms with Crippen molar-refractivity contribution in [1.82, 2.24) is 0 Å². The van der Waals surface area contributed by atoms with E-state index >= 15 is 0 Å². The minimum Gasteiger partial charge on any atom is -0.305 e. The Hall–Kier alpha value is -1.89. The molecule has 0 aromatic rings. The summed E-state index contributed by atoms with van der Waals surface area (Å²) in [6.45, 7) is 33.7. The first-order valence-corrected chi connectivity index (χ1v) is 30.9. The highest BCUT2D eigenvalue weighted by atomic mass is 14.7. The molecule has 1 N–H and O–H groups in total. The fourth-order valence-corrected chi connectivity index (χ4v) is 21.6. The summed E-state index contributed by atoms with van der Waals surface area (Å²) in [5, 5.41) is 9.53. The lowest BCUT2D eigenvalue weighted by molar-refractivity contribution is -0.0591. The monoisotopic (exact) mass is 946 g/mol. The average molecular weight is 947 g/mol. The first kappa shape index (κ1) is 49.0. The maximum atomic E-state index is 9.53. The molecule has 1 nitrogen and oxygen atoms in total. The zero-order valence-corrected chi connectivity index (χ0v) is 47.3. The molecule has 0 heterocycles. The summed E-state index contributed by atoms with van der Waals surface area (Å²) in [6.07, 6.45) is 41.6. The van der Waals surface area contributed by atoms with Gasteiger partial charge in [-0.15, -0.1) is 0 Å². The van der Waals surface area contributed by atoms with Crippen molar-refractivity contribution in [3.8, 4) is 0 Å². The third-order valence-electron chi connectivity index (χ3n) is 24.9. The molecule has 5 saturated carbocycles. The van der Waals surface area contributed by atoms with Crippen LogP contribution in [0.1, 0.15) is 206 Å². The predicted molar refractivity (Wildman–Crippen MR) is 296 cm³/mol. The van der Waals surface area contributed by atoms with Gasteiger partial charge < -0.3 is 5.41 Å². The minimum absolute atomic E-state index is 0.210. The van der Waals surface area contributed by atoms with E-state index in [1.165, 1.54) is 108 Å². The zero-order valence-electron chi connectivity index (χ0n) is 47.3. The van der Waals surface area contributed by atoms with Crippen LogP contribution in [0.15, 0.2) is 69.9 Å². The largest absolute Gasteiger partial charge is 0.305 e. The lowest BCUT2D eigenvalue weighted by Gasteiger charge is -2.61. The average Bonchev–Trinajstić information content (AvgIpc) is 3.81. The molecule has 12 aliphatic carbocycles. The van der Waals surface area contributed by atoms with Crippen molar-refractivity contribution >= 4 is 5.71 Å². The highest BCUT2D eigenvalue weighted by Gasteiger charge is 2.68. The molecular formula is C69H103N. The Morgan fingerprint density at radius 1 is 0.586 bits per heavy atom. The second-order valence-corrected chi connectivity index (χ2v) is 32.1. The lowest BCUT2D eigenvalue weighted by atomic mass is 9.44. The summed E-state index contributed by atoms with van der Waals surface area (Å²) in [5.74, 6) is 16.4. The zero-order chi connectivity index (χ0) is 49.1. The number of fused-ring (bicyclic) bond motifs is 7. The second kappa shape index (κ2) is 17.3. The molecule has 0 aromatic heterocycles. The van der Waals surface area contributed by atoms with Gasteiger partial charge >= 0.3 is 0 Å². The molecule has 384 valence electrons. The van der Waals surface area contributed by atoms with E-state index in [2.05, 4.69) is 138 Å². The van der Waals surface area contributed by atoms with Crippen molar-refractivity contribution in [2.45, 2.75) is 206 Å². The van der Waals surface area contributed by atoms with Gasteiger partial charge in [0, 0.05) is 11.6 Å². The Kier molecular flexibility index (Phi) is 12.1. The van der Waals surface area contributed by atoms with E-state index < -0.39 is 0 Å². The topological polar surface area (TPSA) is 23.9 Å². The molecule has 0 spiro atoms.